The first kappa shape index (κ1) is 15.4. The van der Waals surface area contributed by atoms with Gasteiger partial charge in [-0.2, -0.15) is 0 Å². The highest BCUT2D eigenvalue weighted by molar-refractivity contribution is 7.86. The lowest BCUT2D eigenvalue weighted by Crippen LogP contribution is -2.53. The van der Waals surface area contributed by atoms with Crippen molar-refractivity contribution in [2.45, 2.75) is 38.4 Å². The van der Waals surface area contributed by atoms with E-state index in [2.05, 4.69) is 41.7 Å². The Hall–Kier alpha value is -1.49. The van der Waals surface area contributed by atoms with Gasteiger partial charge in [-0.25, -0.2) is 9.97 Å². The first-order chi connectivity index (χ1) is 10.6. The highest BCUT2D eigenvalue weighted by atomic mass is 32.2. The highest BCUT2D eigenvalue weighted by Gasteiger charge is 2.39. The molecule has 0 amide bonds. The number of aromatic nitrogens is 2. The zero-order chi connectivity index (χ0) is 15.7. The van der Waals surface area contributed by atoms with Crippen molar-refractivity contribution < 1.29 is 4.21 Å². The maximum atomic E-state index is 12.5. The van der Waals surface area contributed by atoms with Crippen LogP contribution in [0.25, 0.3) is 10.9 Å². The summed E-state index contributed by atoms with van der Waals surface area (Å²) in [5.74, 6) is 1.71. The molecule has 0 saturated carbocycles. The molecule has 22 heavy (non-hydrogen) atoms. The van der Waals surface area contributed by atoms with Crippen LogP contribution in [0.15, 0.2) is 24.5 Å². The normalized spacial score (nSPS) is 21.2. The molecule has 3 rings (SSSR count). The quantitative estimate of drug-likeness (QED) is 0.873. The van der Waals surface area contributed by atoms with E-state index in [0.717, 1.165) is 48.4 Å². The zero-order valence-corrected chi connectivity index (χ0v) is 14.3. The summed E-state index contributed by atoms with van der Waals surface area (Å²) in [6.07, 6.45) is 3.52. The van der Waals surface area contributed by atoms with Crippen molar-refractivity contribution in [2.75, 3.05) is 23.7 Å². The van der Waals surface area contributed by atoms with E-state index in [0.29, 0.717) is 0 Å². The van der Waals surface area contributed by atoms with Gasteiger partial charge in [-0.1, -0.05) is 26.0 Å². The SMILES string of the molecule is CCC1(CC)CN(c2ncnc3cccc(C)c23)CCS1=O. The van der Waals surface area contributed by atoms with Crippen LogP contribution in [0.4, 0.5) is 5.82 Å². The number of nitrogens with zero attached hydrogens (tertiary/aromatic N) is 3. The predicted octanol–water partition coefficient (Wildman–Crippen LogP) is 3.07. The van der Waals surface area contributed by atoms with Gasteiger partial charge in [0.25, 0.3) is 0 Å². The molecule has 1 saturated heterocycles. The predicted molar refractivity (Wildman–Crippen MR) is 92.8 cm³/mol. The third kappa shape index (κ3) is 2.41. The monoisotopic (exact) mass is 317 g/mol. The molecular formula is C17H23N3OS. The van der Waals surface area contributed by atoms with Crippen molar-refractivity contribution in [3.63, 3.8) is 0 Å². The van der Waals surface area contributed by atoms with E-state index in [1.807, 2.05) is 12.1 Å². The Labute approximate surface area is 134 Å². The summed E-state index contributed by atoms with van der Waals surface area (Å²) in [7, 11) is -0.755. The van der Waals surface area contributed by atoms with Gasteiger partial charge >= 0.3 is 0 Å². The molecule has 4 nitrogen and oxygen atoms in total. The molecule has 118 valence electrons. The lowest BCUT2D eigenvalue weighted by molar-refractivity contribution is 0.495. The van der Waals surface area contributed by atoms with Crippen LogP contribution in [0.2, 0.25) is 0 Å². The molecule has 1 aliphatic rings. The van der Waals surface area contributed by atoms with Crippen LogP contribution in [-0.4, -0.2) is 37.8 Å². The zero-order valence-electron chi connectivity index (χ0n) is 13.5. The Morgan fingerprint density at radius 2 is 2.05 bits per heavy atom. The summed E-state index contributed by atoms with van der Waals surface area (Å²) >= 11 is 0. The Bertz CT molecular complexity index is 707. The first-order valence-corrected chi connectivity index (χ1v) is 9.27. The van der Waals surface area contributed by atoms with Crippen molar-refractivity contribution in [3.8, 4) is 0 Å². The number of aryl methyl sites for hydroxylation is 1. The fourth-order valence-electron chi connectivity index (χ4n) is 3.39. The van der Waals surface area contributed by atoms with Gasteiger partial charge in [0.1, 0.15) is 12.1 Å². The minimum Gasteiger partial charge on any atom is -0.354 e. The largest absolute Gasteiger partial charge is 0.354 e. The number of hydrogen-bond donors (Lipinski definition) is 0. The second-order valence-electron chi connectivity index (χ2n) is 6.03. The van der Waals surface area contributed by atoms with Crippen molar-refractivity contribution in [2.24, 2.45) is 0 Å². The molecule has 0 bridgehead atoms. The average molecular weight is 317 g/mol. The second-order valence-corrected chi connectivity index (χ2v) is 7.99. The molecule has 1 fully saturated rings. The van der Waals surface area contributed by atoms with Gasteiger partial charge in [0.15, 0.2) is 0 Å². The van der Waals surface area contributed by atoms with Gasteiger partial charge in [-0.3, -0.25) is 4.21 Å². The molecular weight excluding hydrogens is 294 g/mol. The minimum absolute atomic E-state index is 0.113. The fraction of sp³-hybridized carbons (Fsp3) is 0.529. The van der Waals surface area contributed by atoms with E-state index in [-0.39, 0.29) is 4.75 Å². The van der Waals surface area contributed by atoms with Crippen LogP contribution in [0.3, 0.4) is 0 Å². The molecule has 0 spiro atoms. The number of rotatable bonds is 3. The van der Waals surface area contributed by atoms with Gasteiger partial charge in [-0.15, -0.1) is 0 Å². The molecule has 0 radical (unpaired) electrons. The maximum absolute atomic E-state index is 12.5. The summed E-state index contributed by atoms with van der Waals surface area (Å²) in [5.41, 5.74) is 2.17. The second kappa shape index (κ2) is 5.95. The Kier molecular flexibility index (Phi) is 4.17. The van der Waals surface area contributed by atoms with Crippen molar-refractivity contribution in [1.29, 1.82) is 0 Å². The van der Waals surface area contributed by atoms with Crippen molar-refractivity contribution in [1.82, 2.24) is 9.97 Å². The van der Waals surface area contributed by atoms with Crippen molar-refractivity contribution in [3.05, 3.63) is 30.1 Å². The van der Waals surface area contributed by atoms with Gasteiger partial charge in [0, 0.05) is 35.0 Å². The van der Waals surface area contributed by atoms with Crippen molar-refractivity contribution >= 4 is 27.5 Å². The third-order valence-electron chi connectivity index (χ3n) is 4.95. The van der Waals surface area contributed by atoms with E-state index < -0.39 is 10.8 Å². The third-order valence-corrected chi connectivity index (χ3v) is 7.17. The molecule has 0 aliphatic carbocycles. The molecule has 0 N–H and O–H groups in total. The molecule has 1 aromatic carbocycles. The summed E-state index contributed by atoms with van der Waals surface area (Å²) in [5, 5.41) is 1.12. The number of benzene rings is 1. The molecule has 1 atom stereocenters. The van der Waals surface area contributed by atoms with E-state index in [9.17, 15) is 4.21 Å². The van der Waals surface area contributed by atoms with E-state index >= 15 is 0 Å². The number of fused-ring (bicyclic) bond motifs is 1. The lowest BCUT2D eigenvalue weighted by atomic mass is 10.0. The molecule has 1 unspecified atom stereocenters. The molecule has 5 heteroatoms. The standard InChI is InChI=1S/C17H23N3OS/c1-4-17(5-2)11-20(9-10-22(17)21)16-15-13(3)7-6-8-14(15)18-12-19-16/h6-8,12H,4-5,9-11H2,1-3H3. The minimum atomic E-state index is -0.755. The fourth-order valence-corrected chi connectivity index (χ4v) is 5.15. The Balaban J connectivity index is 2.07. The van der Waals surface area contributed by atoms with E-state index in [1.54, 1.807) is 6.33 Å². The summed E-state index contributed by atoms with van der Waals surface area (Å²) < 4.78 is 12.4. The van der Waals surface area contributed by atoms with Crippen LogP contribution < -0.4 is 4.90 Å². The number of anilines is 1. The summed E-state index contributed by atoms with van der Waals surface area (Å²) in [4.78, 5) is 11.3. The molecule has 2 heterocycles. The summed E-state index contributed by atoms with van der Waals surface area (Å²) in [6.45, 7) is 8.01. The van der Waals surface area contributed by atoms with E-state index in [4.69, 9.17) is 0 Å². The van der Waals surface area contributed by atoms with Crippen LogP contribution in [0, 0.1) is 6.92 Å². The van der Waals surface area contributed by atoms with Gasteiger partial charge in [-0.05, 0) is 31.4 Å². The van der Waals surface area contributed by atoms with Crippen LogP contribution in [0.1, 0.15) is 32.3 Å². The van der Waals surface area contributed by atoms with Gasteiger partial charge in [0.05, 0.1) is 10.3 Å². The highest BCUT2D eigenvalue weighted by Crippen LogP contribution is 2.33. The van der Waals surface area contributed by atoms with Crippen LogP contribution >= 0.6 is 0 Å². The maximum Gasteiger partial charge on any atom is 0.140 e. The van der Waals surface area contributed by atoms with Crippen LogP contribution in [-0.2, 0) is 10.8 Å². The lowest BCUT2D eigenvalue weighted by Gasteiger charge is -2.42. The Morgan fingerprint density at radius 1 is 1.27 bits per heavy atom. The summed E-state index contributed by atoms with van der Waals surface area (Å²) in [6, 6.07) is 6.16. The molecule has 1 aromatic heterocycles. The molecule has 2 aromatic rings. The number of hydrogen-bond acceptors (Lipinski definition) is 4. The smallest absolute Gasteiger partial charge is 0.140 e. The van der Waals surface area contributed by atoms with Gasteiger partial charge in [0.2, 0.25) is 0 Å². The Morgan fingerprint density at radius 3 is 2.77 bits per heavy atom. The average Bonchev–Trinajstić information content (AvgIpc) is 2.55. The van der Waals surface area contributed by atoms with E-state index in [1.165, 1.54) is 5.56 Å². The molecule has 1 aliphatic heterocycles. The van der Waals surface area contributed by atoms with Crippen LogP contribution in [0.5, 0.6) is 0 Å². The topological polar surface area (TPSA) is 46.1 Å². The first-order valence-electron chi connectivity index (χ1n) is 7.95. The van der Waals surface area contributed by atoms with Gasteiger partial charge < -0.3 is 4.90 Å².